The number of nitrogens with zero attached hydrogens (tertiary/aromatic N) is 2. The molecule has 0 N–H and O–H groups in total. The molecule has 2 rings (SSSR count). The first-order valence-corrected chi connectivity index (χ1v) is 8.72. The van der Waals surface area contributed by atoms with E-state index in [-0.39, 0.29) is 0 Å². The van der Waals surface area contributed by atoms with Gasteiger partial charge in [-0.25, -0.2) is 4.98 Å². The van der Waals surface area contributed by atoms with E-state index in [1.807, 2.05) is 0 Å². The molecule has 1 aromatic rings. The summed E-state index contributed by atoms with van der Waals surface area (Å²) in [5.74, 6) is 0.541. The van der Waals surface area contributed by atoms with Gasteiger partial charge in [0.25, 0.3) is 0 Å². The minimum atomic E-state index is 0.517. The van der Waals surface area contributed by atoms with Crippen molar-refractivity contribution in [3.63, 3.8) is 0 Å². The molecule has 1 aliphatic heterocycles. The average Bonchev–Trinajstić information content (AvgIpc) is 2.81. The maximum Gasteiger partial charge on any atom is 0.0928 e. The van der Waals surface area contributed by atoms with E-state index in [1.165, 1.54) is 50.3 Å². The Morgan fingerprint density at radius 1 is 1.42 bits per heavy atom. The maximum absolute atomic E-state index is 5.77. The van der Waals surface area contributed by atoms with E-state index in [4.69, 9.17) is 11.6 Å². The third-order valence-electron chi connectivity index (χ3n) is 3.83. The molecule has 108 valence electrons. The molecule has 0 saturated carbocycles. The van der Waals surface area contributed by atoms with Gasteiger partial charge >= 0.3 is 0 Å². The summed E-state index contributed by atoms with van der Waals surface area (Å²) in [6.07, 6.45) is 6.37. The molecular formula is C15H25ClN2S. The van der Waals surface area contributed by atoms with E-state index in [1.54, 1.807) is 11.3 Å². The third kappa shape index (κ3) is 5.05. The Hall–Kier alpha value is -0.120. The highest BCUT2D eigenvalue weighted by Gasteiger charge is 2.25. The molecule has 1 aliphatic rings. The van der Waals surface area contributed by atoms with E-state index in [0.29, 0.717) is 11.3 Å². The lowest BCUT2D eigenvalue weighted by molar-refractivity contribution is 0.116. The van der Waals surface area contributed by atoms with Crippen molar-refractivity contribution in [1.29, 1.82) is 0 Å². The Morgan fingerprint density at radius 3 is 2.95 bits per heavy atom. The molecule has 0 atom stereocenters. The van der Waals surface area contributed by atoms with Crippen LogP contribution in [0.4, 0.5) is 0 Å². The van der Waals surface area contributed by atoms with Crippen LogP contribution in [-0.2, 0) is 12.3 Å². The number of aryl methyl sites for hydroxylation is 1. The third-order valence-corrected chi connectivity index (χ3v) is 5.06. The number of hydrogen-bond donors (Lipinski definition) is 0. The topological polar surface area (TPSA) is 16.1 Å². The molecule has 0 amide bonds. The van der Waals surface area contributed by atoms with Gasteiger partial charge in [0, 0.05) is 11.9 Å². The fourth-order valence-electron chi connectivity index (χ4n) is 2.87. The Kier molecular flexibility index (Phi) is 5.67. The van der Waals surface area contributed by atoms with Crippen LogP contribution in [0.1, 0.15) is 50.2 Å². The van der Waals surface area contributed by atoms with Crippen LogP contribution in [0.2, 0.25) is 0 Å². The van der Waals surface area contributed by atoms with Crippen LogP contribution in [0.25, 0.3) is 0 Å². The van der Waals surface area contributed by atoms with Crippen molar-refractivity contribution in [2.75, 3.05) is 19.6 Å². The molecule has 1 aromatic heterocycles. The van der Waals surface area contributed by atoms with Crippen molar-refractivity contribution in [3.8, 4) is 0 Å². The molecule has 1 fully saturated rings. The lowest BCUT2D eigenvalue weighted by Crippen LogP contribution is -2.40. The summed E-state index contributed by atoms with van der Waals surface area (Å²) in [4.78, 5) is 7.14. The molecule has 0 radical (unpaired) electrons. The number of halogens is 1. The number of alkyl halides is 1. The minimum Gasteiger partial charge on any atom is -0.303 e. The highest BCUT2D eigenvalue weighted by atomic mass is 35.5. The molecule has 2 nitrogen and oxygen atoms in total. The molecular weight excluding hydrogens is 276 g/mol. The summed E-state index contributed by atoms with van der Waals surface area (Å²) in [5.41, 5.74) is 1.54. The molecule has 2 heterocycles. The van der Waals surface area contributed by atoms with Crippen molar-refractivity contribution >= 4 is 22.9 Å². The zero-order chi connectivity index (χ0) is 13.7. The van der Waals surface area contributed by atoms with Gasteiger partial charge in [-0.1, -0.05) is 13.8 Å². The molecule has 1 saturated heterocycles. The Bertz CT molecular complexity index is 389. The summed E-state index contributed by atoms with van der Waals surface area (Å²) < 4.78 is 0. The number of likely N-dealkylation sites (tertiary alicyclic amines) is 1. The standard InChI is InChI=1S/C15H25ClN2S/c1-15(2)7-5-9-18(12-15)8-4-3-6-14-17-13(10-16)11-19-14/h11H,3-10,12H2,1-2H3. The molecule has 0 unspecified atom stereocenters. The van der Waals surface area contributed by atoms with E-state index >= 15 is 0 Å². The Labute approximate surface area is 126 Å². The number of unbranched alkanes of at least 4 members (excludes halogenated alkanes) is 1. The first kappa shape index (κ1) is 15.3. The van der Waals surface area contributed by atoms with Gasteiger partial charge in [0.15, 0.2) is 0 Å². The predicted octanol–water partition coefficient (Wildman–Crippen LogP) is 4.33. The van der Waals surface area contributed by atoms with Gasteiger partial charge in [-0.15, -0.1) is 22.9 Å². The summed E-state index contributed by atoms with van der Waals surface area (Å²) in [7, 11) is 0. The van der Waals surface area contributed by atoms with Gasteiger partial charge in [-0.3, -0.25) is 0 Å². The van der Waals surface area contributed by atoms with Crippen molar-refractivity contribution in [2.24, 2.45) is 5.41 Å². The van der Waals surface area contributed by atoms with Crippen LogP contribution in [0.15, 0.2) is 5.38 Å². The van der Waals surface area contributed by atoms with Gasteiger partial charge in [0.2, 0.25) is 0 Å². The van der Waals surface area contributed by atoms with Crippen LogP contribution in [0.5, 0.6) is 0 Å². The Morgan fingerprint density at radius 2 is 2.26 bits per heavy atom. The van der Waals surface area contributed by atoms with E-state index in [0.717, 1.165) is 12.1 Å². The minimum absolute atomic E-state index is 0.517. The number of piperidine rings is 1. The normalized spacial score (nSPS) is 19.7. The fourth-order valence-corrected chi connectivity index (χ4v) is 3.94. The smallest absolute Gasteiger partial charge is 0.0928 e. The van der Waals surface area contributed by atoms with E-state index in [9.17, 15) is 0 Å². The quantitative estimate of drug-likeness (QED) is 0.574. The van der Waals surface area contributed by atoms with Crippen LogP contribution in [-0.4, -0.2) is 29.5 Å². The van der Waals surface area contributed by atoms with Crippen molar-refractivity contribution < 1.29 is 0 Å². The second-order valence-corrected chi connectivity index (χ2v) is 7.58. The lowest BCUT2D eigenvalue weighted by atomic mass is 9.84. The molecule has 0 bridgehead atoms. The summed E-state index contributed by atoms with van der Waals surface area (Å²) in [6, 6.07) is 0. The fraction of sp³-hybridized carbons (Fsp3) is 0.800. The molecule has 19 heavy (non-hydrogen) atoms. The highest BCUT2D eigenvalue weighted by molar-refractivity contribution is 7.09. The highest BCUT2D eigenvalue weighted by Crippen LogP contribution is 2.28. The largest absolute Gasteiger partial charge is 0.303 e. The molecule has 0 aromatic carbocycles. The predicted molar refractivity (Wildman–Crippen MR) is 84.1 cm³/mol. The number of thiazole rings is 1. The van der Waals surface area contributed by atoms with Gasteiger partial charge in [0.1, 0.15) is 0 Å². The van der Waals surface area contributed by atoms with Gasteiger partial charge < -0.3 is 4.90 Å². The van der Waals surface area contributed by atoms with Crippen LogP contribution < -0.4 is 0 Å². The van der Waals surface area contributed by atoms with E-state index in [2.05, 4.69) is 29.1 Å². The van der Waals surface area contributed by atoms with Crippen LogP contribution in [0.3, 0.4) is 0 Å². The Balaban J connectivity index is 1.64. The second-order valence-electron chi connectivity index (χ2n) is 6.37. The van der Waals surface area contributed by atoms with Crippen molar-refractivity contribution in [1.82, 2.24) is 9.88 Å². The maximum atomic E-state index is 5.77. The average molecular weight is 301 g/mol. The van der Waals surface area contributed by atoms with Gasteiger partial charge in [0.05, 0.1) is 16.6 Å². The second kappa shape index (κ2) is 7.05. The SMILES string of the molecule is CC1(C)CCCN(CCCCc2nc(CCl)cs2)C1. The summed E-state index contributed by atoms with van der Waals surface area (Å²) in [5, 5.41) is 3.32. The summed E-state index contributed by atoms with van der Waals surface area (Å²) >= 11 is 7.52. The van der Waals surface area contributed by atoms with Crippen LogP contribution >= 0.6 is 22.9 Å². The lowest BCUT2D eigenvalue weighted by Gasteiger charge is -2.38. The van der Waals surface area contributed by atoms with E-state index < -0.39 is 0 Å². The van der Waals surface area contributed by atoms with Gasteiger partial charge in [-0.05, 0) is 50.6 Å². The van der Waals surface area contributed by atoms with Gasteiger partial charge in [-0.2, -0.15) is 0 Å². The van der Waals surface area contributed by atoms with Crippen molar-refractivity contribution in [2.45, 2.75) is 51.8 Å². The summed E-state index contributed by atoms with van der Waals surface area (Å²) in [6.45, 7) is 8.58. The zero-order valence-corrected chi connectivity index (χ0v) is 13.7. The number of hydrogen-bond acceptors (Lipinski definition) is 3. The number of rotatable bonds is 6. The first-order valence-electron chi connectivity index (χ1n) is 7.31. The molecule has 0 aliphatic carbocycles. The van der Waals surface area contributed by atoms with Crippen molar-refractivity contribution in [3.05, 3.63) is 16.1 Å². The number of aromatic nitrogens is 1. The molecule has 0 spiro atoms. The first-order chi connectivity index (χ1) is 9.09. The molecule has 4 heteroatoms. The van der Waals surface area contributed by atoms with Crippen LogP contribution in [0, 0.1) is 5.41 Å². The monoisotopic (exact) mass is 300 g/mol. The zero-order valence-electron chi connectivity index (χ0n) is 12.1.